The third kappa shape index (κ3) is 3.50. The zero-order valence-corrected chi connectivity index (χ0v) is 15.9. The number of hydrogen-bond acceptors (Lipinski definition) is 5. The van der Waals surface area contributed by atoms with Gasteiger partial charge in [-0.25, -0.2) is 4.98 Å². The number of para-hydroxylation sites is 1. The molecule has 136 valence electrons. The second-order valence-electron chi connectivity index (χ2n) is 6.95. The maximum atomic E-state index is 12.5. The summed E-state index contributed by atoms with van der Waals surface area (Å²) in [5.41, 5.74) is 3.59. The molecule has 1 atom stereocenters. The molecule has 26 heavy (non-hydrogen) atoms. The highest BCUT2D eigenvalue weighted by Crippen LogP contribution is 2.32. The summed E-state index contributed by atoms with van der Waals surface area (Å²) in [6.45, 7) is 6.06. The zero-order valence-electron chi connectivity index (χ0n) is 15.1. The maximum absolute atomic E-state index is 12.5. The van der Waals surface area contributed by atoms with Gasteiger partial charge in [-0.05, 0) is 45.4 Å². The highest BCUT2D eigenvalue weighted by molar-refractivity contribution is 7.18. The Morgan fingerprint density at radius 3 is 3.00 bits per heavy atom. The fourth-order valence-corrected chi connectivity index (χ4v) is 4.68. The number of piperidine rings is 1. The molecule has 3 aromatic rings. The van der Waals surface area contributed by atoms with Gasteiger partial charge in [0, 0.05) is 12.5 Å². The fraction of sp³-hybridized carbons (Fsp3) is 0.421. The lowest BCUT2D eigenvalue weighted by molar-refractivity contribution is -0.117. The van der Waals surface area contributed by atoms with Crippen molar-refractivity contribution in [3.05, 3.63) is 40.7 Å². The lowest BCUT2D eigenvalue weighted by Crippen LogP contribution is -2.39. The van der Waals surface area contributed by atoms with Crippen molar-refractivity contribution < 1.29 is 4.79 Å². The summed E-state index contributed by atoms with van der Waals surface area (Å²) in [6.07, 6.45) is 2.23. The van der Waals surface area contributed by atoms with Crippen molar-refractivity contribution in [3.8, 4) is 0 Å². The molecule has 0 saturated carbocycles. The fourth-order valence-electron chi connectivity index (χ4n) is 3.58. The lowest BCUT2D eigenvalue weighted by Gasteiger charge is -2.31. The molecule has 2 N–H and O–H groups in total. The van der Waals surface area contributed by atoms with Crippen molar-refractivity contribution in [1.29, 1.82) is 0 Å². The van der Waals surface area contributed by atoms with E-state index in [0.29, 0.717) is 12.5 Å². The molecule has 3 heterocycles. The number of hydrogen-bond donors (Lipinski definition) is 2. The number of benzene rings is 1. The Bertz CT molecular complexity index is 879. The van der Waals surface area contributed by atoms with Crippen molar-refractivity contribution in [3.63, 3.8) is 0 Å². The largest absolute Gasteiger partial charge is 0.322 e. The number of carbonyl (C=O) groups is 1. The van der Waals surface area contributed by atoms with E-state index >= 15 is 0 Å². The summed E-state index contributed by atoms with van der Waals surface area (Å²) >= 11 is 1.78. The van der Waals surface area contributed by atoms with Crippen LogP contribution in [0, 0.1) is 13.8 Å². The Hall–Kier alpha value is -2.25. The predicted molar refractivity (Wildman–Crippen MR) is 105 cm³/mol. The highest BCUT2D eigenvalue weighted by atomic mass is 32.1. The minimum Gasteiger partial charge on any atom is -0.322 e. The van der Waals surface area contributed by atoms with E-state index in [1.807, 2.05) is 19.9 Å². The standard InChI is InChI=1S/C19H23N5OS/c1-12-18(13(2)23-22-12)21-17(25)11-24-9-5-6-14(10-24)19-20-15-7-3-4-8-16(15)26-19/h3-4,7-8,14H,5-6,9-11H2,1-2H3,(H,21,25)(H,22,23)/t14-/m1/s1. The quantitative estimate of drug-likeness (QED) is 0.739. The van der Waals surface area contributed by atoms with Gasteiger partial charge in [0.2, 0.25) is 5.91 Å². The molecule has 6 nitrogen and oxygen atoms in total. The smallest absolute Gasteiger partial charge is 0.238 e. The molecule has 2 aromatic heterocycles. The maximum Gasteiger partial charge on any atom is 0.238 e. The number of aromatic nitrogens is 3. The van der Waals surface area contributed by atoms with Gasteiger partial charge >= 0.3 is 0 Å². The van der Waals surface area contributed by atoms with Crippen LogP contribution in [0.3, 0.4) is 0 Å². The van der Waals surface area contributed by atoms with Crippen LogP contribution in [0.5, 0.6) is 0 Å². The normalized spacial score (nSPS) is 18.3. The summed E-state index contributed by atoms with van der Waals surface area (Å²) in [7, 11) is 0. The number of aryl methyl sites for hydroxylation is 2. The molecule has 1 fully saturated rings. The Balaban J connectivity index is 1.41. The van der Waals surface area contributed by atoms with Crippen molar-refractivity contribution in [2.75, 3.05) is 25.0 Å². The van der Waals surface area contributed by atoms with Crippen LogP contribution in [0.4, 0.5) is 5.69 Å². The molecule has 0 bridgehead atoms. The van der Waals surface area contributed by atoms with E-state index in [1.54, 1.807) is 11.3 Å². The van der Waals surface area contributed by atoms with Gasteiger partial charge in [0.1, 0.15) is 0 Å². The topological polar surface area (TPSA) is 73.9 Å². The number of thiazole rings is 1. The monoisotopic (exact) mass is 369 g/mol. The molecule has 1 aliphatic rings. The zero-order chi connectivity index (χ0) is 18.1. The van der Waals surface area contributed by atoms with E-state index in [1.165, 1.54) is 9.71 Å². The van der Waals surface area contributed by atoms with Gasteiger partial charge in [-0.1, -0.05) is 12.1 Å². The van der Waals surface area contributed by atoms with Gasteiger partial charge in [-0.15, -0.1) is 11.3 Å². The minimum atomic E-state index is 0.0162. The van der Waals surface area contributed by atoms with Gasteiger partial charge in [0.15, 0.2) is 0 Å². The minimum absolute atomic E-state index is 0.0162. The molecule has 1 saturated heterocycles. The number of H-pyrrole nitrogens is 1. The first kappa shape index (κ1) is 17.2. The summed E-state index contributed by atoms with van der Waals surface area (Å²) < 4.78 is 1.24. The average Bonchev–Trinajstić information content (AvgIpc) is 3.20. The van der Waals surface area contributed by atoms with Crippen LogP contribution in [0.25, 0.3) is 10.2 Å². The molecular weight excluding hydrogens is 346 g/mol. The van der Waals surface area contributed by atoms with Crippen LogP contribution in [-0.4, -0.2) is 45.6 Å². The predicted octanol–water partition coefficient (Wildman–Crippen LogP) is 3.45. The SMILES string of the molecule is Cc1n[nH]c(C)c1NC(=O)CN1CCC[C@@H](c2nc3ccccc3s2)C1. The van der Waals surface area contributed by atoms with E-state index in [2.05, 4.69) is 38.6 Å². The molecular formula is C19H23N5OS. The Kier molecular flexibility index (Phi) is 4.74. The van der Waals surface area contributed by atoms with Crippen molar-refractivity contribution >= 4 is 33.1 Å². The van der Waals surface area contributed by atoms with Gasteiger partial charge in [0.05, 0.1) is 38.8 Å². The van der Waals surface area contributed by atoms with Gasteiger partial charge < -0.3 is 5.32 Å². The van der Waals surface area contributed by atoms with Crippen molar-refractivity contribution in [2.24, 2.45) is 0 Å². The van der Waals surface area contributed by atoms with Crippen LogP contribution in [0.2, 0.25) is 0 Å². The molecule has 1 amide bonds. The molecule has 7 heteroatoms. The third-order valence-electron chi connectivity index (χ3n) is 4.92. The summed E-state index contributed by atoms with van der Waals surface area (Å²) in [4.78, 5) is 19.5. The third-order valence-corrected chi connectivity index (χ3v) is 6.12. The van der Waals surface area contributed by atoms with E-state index in [-0.39, 0.29) is 5.91 Å². The number of nitrogens with zero attached hydrogens (tertiary/aromatic N) is 3. The van der Waals surface area contributed by atoms with Gasteiger partial charge in [-0.2, -0.15) is 5.10 Å². The van der Waals surface area contributed by atoms with Gasteiger partial charge in [0.25, 0.3) is 0 Å². The number of nitrogens with one attached hydrogen (secondary N) is 2. The summed E-state index contributed by atoms with van der Waals surface area (Å²) in [5, 5.41) is 11.2. The van der Waals surface area contributed by atoms with Crippen LogP contribution in [0.15, 0.2) is 24.3 Å². The number of fused-ring (bicyclic) bond motifs is 1. The summed E-state index contributed by atoms with van der Waals surface area (Å²) in [5.74, 6) is 0.425. The molecule has 1 aliphatic heterocycles. The van der Waals surface area contributed by atoms with Crippen LogP contribution >= 0.6 is 11.3 Å². The van der Waals surface area contributed by atoms with E-state index in [4.69, 9.17) is 4.98 Å². The number of aromatic amines is 1. The molecule has 0 spiro atoms. The first-order valence-corrected chi connectivity index (χ1v) is 9.81. The van der Waals surface area contributed by atoms with Crippen LogP contribution in [-0.2, 0) is 4.79 Å². The second kappa shape index (κ2) is 7.17. The number of carbonyl (C=O) groups excluding carboxylic acids is 1. The summed E-state index contributed by atoms with van der Waals surface area (Å²) in [6, 6.07) is 8.28. The van der Waals surface area contributed by atoms with Crippen molar-refractivity contribution in [1.82, 2.24) is 20.1 Å². The van der Waals surface area contributed by atoms with Crippen molar-refractivity contribution in [2.45, 2.75) is 32.6 Å². The van der Waals surface area contributed by atoms with E-state index in [9.17, 15) is 4.79 Å². The number of rotatable bonds is 4. The first-order chi connectivity index (χ1) is 12.6. The molecule has 0 unspecified atom stereocenters. The average molecular weight is 369 g/mol. The Morgan fingerprint density at radius 2 is 2.23 bits per heavy atom. The first-order valence-electron chi connectivity index (χ1n) is 8.99. The molecule has 0 aliphatic carbocycles. The highest BCUT2D eigenvalue weighted by Gasteiger charge is 2.25. The molecule has 0 radical (unpaired) electrons. The van der Waals surface area contributed by atoms with Gasteiger partial charge in [-0.3, -0.25) is 14.8 Å². The Labute approximate surface area is 156 Å². The number of likely N-dealkylation sites (tertiary alicyclic amines) is 1. The van der Waals surface area contributed by atoms with E-state index in [0.717, 1.165) is 48.5 Å². The number of amides is 1. The lowest BCUT2D eigenvalue weighted by atomic mass is 9.99. The number of anilines is 1. The molecule has 4 rings (SSSR count). The van der Waals surface area contributed by atoms with Crippen LogP contribution in [0.1, 0.15) is 35.2 Å². The van der Waals surface area contributed by atoms with Crippen LogP contribution < -0.4 is 5.32 Å². The second-order valence-corrected chi connectivity index (χ2v) is 8.01. The Morgan fingerprint density at radius 1 is 1.38 bits per heavy atom. The van der Waals surface area contributed by atoms with E-state index < -0.39 is 0 Å². The molecule has 1 aromatic carbocycles.